The Balaban J connectivity index is 1.64. The van der Waals surface area contributed by atoms with Crippen molar-refractivity contribution in [2.45, 2.75) is 19.9 Å². The van der Waals surface area contributed by atoms with Gasteiger partial charge in [0.2, 0.25) is 0 Å². The van der Waals surface area contributed by atoms with Crippen molar-refractivity contribution in [1.29, 1.82) is 0 Å². The van der Waals surface area contributed by atoms with E-state index in [4.69, 9.17) is 0 Å². The Hall–Kier alpha value is -3.80. The number of amides is 1. The summed E-state index contributed by atoms with van der Waals surface area (Å²) in [6.45, 7) is 4.10. The van der Waals surface area contributed by atoms with Crippen LogP contribution in [-0.2, 0) is 0 Å². The first-order valence-electron chi connectivity index (χ1n) is 9.35. The number of hydrogen-bond donors (Lipinski definition) is 1. The lowest BCUT2D eigenvalue weighted by Gasteiger charge is -2.22. The van der Waals surface area contributed by atoms with Gasteiger partial charge in [-0.05, 0) is 60.9 Å². The molecule has 0 saturated carbocycles. The molecule has 0 aliphatic carbocycles. The van der Waals surface area contributed by atoms with Gasteiger partial charge in [0, 0.05) is 23.6 Å². The maximum absolute atomic E-state index is 13.0. The number of aryl methyl sites for hydroxylation is 2. The zero-order valence-electron chi connectivity index (χ0n) is 16.3. The lowest BCUT2D eigenvalue weighted by Crippen LogP contribution is -2.30. The van der Waals surface area contributed by atoms with Crippen LogP contribution >= 0.6 is 0 Å². The number of pyridine rings is 1. The molecule has 0 fully saturated rings. The minimum Gasteiger partial charge on any atom is -0.341 e. The average molecular weight is 383 g/mol. The molecule has 1 atom stereocenters. The van der Waals surface area contributed by atoms with Crippen molar-refractivity contribution < 1.29 is 4.79 Å². The van der Waals surface area contributed by atoms with Gasteiger partial charge in [-0.25, -0.2) is 0 Å². The lowest BCUT2D eigenvalue weighted by molar-refractivity contribution is 0.0943. The van der Waals surface area contributed by atoms with Crippen molar-refractivity contribution in [3.63, 3.8) is 0 Å². The Morgan fingerprint density at radius 2 is 1.76 bits per heavy atom. The number of rotatable bonds is 5. The number of carbonyl (C=O) groups excluding carboxylic acids is 1. The highest BCUT2D eigenvalue weighted by molar-refractivity contribution is 5.94. The van der Waals surface area contributed by atoms with Gasteiger partial charge in [-0.1, -0.05) is 29.8 Å². The minimum absolute atomic E-state index is 0.143. The summed E-state index contributed by atoms with van der Waals surface area (Å²) < 4.78 is 1.79. The van der Waals surface area contributed by atoms with Gasteiger partial charge in [0.15, 0.2) is 0 Å². The number of nitrogens with zero attached hydrogens (tertiary/aromatic N) is 4. The molecule has 1 N–H and O–H groups in total. The zero-order valence-corrected chi connectivity index (χ0v) is 16.3. The number of hydrogen-bond acceptors (Lipinski definition) is 4. The highest BCUT2D eigenvalue weighted by Crippen LogP contribution is 2.26. The lowest BCUT2D eigenvalue weighted by atomic mass is 9.94. The summed E-state index contributed by atoms with van der Waals surface area (Å²) in [6.07, 6.45) is 6.76. The van der Waals surface area contributed by atoms with Crippen molar-refractivity contribution in [2.24, 2.45) is 0 Å². The standard InChI is InChI=1S/C23H21N5O/c1-16-5-6-17(2)21(12-16)22(19-4-3-11-24-13-19)27-23(29)18-7-9-20(10-8-18)28-14-25-26-15-28/h3-15,22H,1-2H3,(H,27,29). The summed E-state index contributed by atoms with van der Waals surface area (Å²) in [5, 5.41) is 10.8. The molecule has 0 aliphatic rings. The van der Waals surface area contributed by atoms with E-state index in [-0.39, 0.29) is 11.9 Å². The van der Waals surface area contributed by atoms with Crippen LogP contribution in [0.5, 0.6) is 0 Å². The summed E-state index contributed by atoms with van der Waals surface area (Å²) in [7, 11) is 0. The van der Waals surface area contributed by atoms with Crippen LogP contribution in [0.4, 0.5) is 0 Å². The average Bonchev–Trinajstić information content (AvgIpc) is 3.29. The molecule has 2 aromatic carbocycles. The van der Waals surface area contributed by atoms with E-state index in [1.165, 1.54) is 0 Å². The Kier molecular flexibility index (Phi) is 5.16. The van der Waals surface area contributed by atoms with E-state index < -0.39 is 0 Å². The summed E-state index contributed by atoms with van der Waals surface area (Å²) in [5.41, 5.74) is 5.74. The predicted octanol–water partition coefficient (Wildman–Crippen LogP) is 3.80. The predicted molar refractivity (Wildman–Crippen MR) is 111 cm³/mol. The molecule has 4 aromatic rings. The van der Waals surface area contributed by atoms with Crippen LogP contribution in [0.2, 0.25) is 0 Å². The van der Waals surface area contributed by atoms with Gasteiger partial charge in [0.25, 0.3) is 5.91 Å². The third kappa shape index (κ3) is 4.06. The van der Waals surface area contributed by atoms with E-state index >= 15 is 0 Å². The fourth-order valence-corrected chi connectivity index (χ4v) is 3.29. The third-order valence-electron chi connectivity index (χ3n) is 4.89. The van der Waals surface area contributed by atoms with Crippen LogP contribution in [-0.4, -0.2) is 25.7 Å². The molecule has 0 saturated heterocycles. The number of aromatic nitrogens is 4. The molecule has 0 spiro atoms. The van der Waals surface area contributed by atoms with Crippen LogP contribution in [0.25, 0.3) is 5.69 Å². The topological polar surface area (TPSA) is 72.7 Å². The molecule has 0 aliphatic heterocycles. The molecule has 6 heteroatoms. The molecular formula is C23H21N5O. The van der Waals surface area contributed by atoms with E-state index in [0.29, 0.717) is 5.56 Å². The molecular weight excluding hydrogens is 362 g/mol. The van der Waals surface area contributed by atoms with Crippen molar-refractivity contribution in [2.75, 3.05) is 0 Å². The van der Waals surface area contributed by atoms with Crippen LogP contribution in [0.3, 0.4) is 0 Å². The minimum atomic E-state index is -0.284. The van der Waals surface area contributed by atoms with Gasteiger partial charge in [0.05, 0.1) is 6.04 Å². The fourth-order valence-electron chi connectivity index (χ4n) is 3.29. The van der Waals surface area contributed by atoms with Crippen molar-refractivity contribution in [3.05, 3.63) is 107 Å². The van der Waals surface area contributed by atoms with Crippen LogP contribution in [0.15, 0.2) is 79.6 Å². The molecule has 4 rings (SSSR count). The van der Waals surface area contributed by atoms with Crippen molar-refractivity contribution >= 4 is 5.91 Å². The highest BCUT2D eigenvalue weighted by Gasteiger charge is 2.20. The maximum atomic E-state index is 13.0. The second-order valence-electron chi connectivity index (χ2n) is 6.97. The molecule has 0 radical (unpaired) electrons. The van der Waals surface area contributed by atoms with Crippen molar-refractivity contribution in [1.82, 2.24) is 25.1 Å². The van der Waals surface area contributed by atoms with E-state index in [1.54, 1.807) is 41.7 Å². The second-order valence-corrected chi connectivity index (χ2v) is 6.97. The summed E-state index contributed by atoms with van der Waals surface area (Å²) in [5.74, 6) is -0.143. The fraction of sp³-hybridized carbons (Fsp3) is 0.130. The number of nitrogens with one attached hydrogen (secondary N) is 1. The normalized spacial score (nSPS) is 11.8. The Labute approximate surface area is 169 Å². The van der Waals surface area contributed by atoms with Gasteiger partial charge < -0.3 is 5.32 Å². The first-order valence-corrected chi connectivity index (χ1v) is 9.35. The Morgan fingerprint density at radius 1 is 1.00 bits per heavy atom. The smallest absolute Gasteiger partial charge is 0.252 e. The van der Waals surface area contributed by atoms with Gasteiger partial charge in [-0.3, -0.25) is 14.3 Å². The Morgan fingerprint density at radius 3 is 2.45 bits per heavy atom. The molecule has 6 nitrogen and oxygen atoms in total. The van der Waals surface area contributed by atoms with Crippen LogP contribution < -0.4 is 5.32 Å². The summed E-state index contributed by atoms with van der Waals surface area (Å²) in [6, 6.07) is 17.2. The van der Waals surface area contributed by atoms with E-state index in [1.807, 2.05) is 24.3 Å². The molecule has 1 amide bonds. The largest absolute Gasteiger partial charge is 0.341 e. The molecule has 2 aromatic heterocycles. The monoisotopic (exact) mass is 383 g/mol. The first-order chi connectivity index (χ1) is 14.1. The van der Waals surface area contributed by atoms with Gasteiger partial charge in [-0.2, -0.15) is 0 Å². The SMILES string of the molecule is Cc1ccc(C)c(C(NC(=O)c2ccc(-n3cnnc3)cc2)c2cccnc2)c1. The van der Waals surface area contributed by atoms with E-state index in [0.717, 1.165) is 27.9 Å². The van der Waals surface area contributed by atoms with Crippen LogP contribution in [0, 0.1) is 13.8 Å². The molecule has 29 heavy (non-hydrogen) atoms. The van der Waals surface area contributed by atoms with Gasteiger partial charge >= 0.3 is 0 Å². The van der Waals surface area contributed by atoms with Gasteiger partial charge in [-0.15, -0.1) is 10.2 Å². The second kappa shape index (κ2) is 8.06. The number of carbonyl (C=O) groups is 1. The first kappa shape index (κ1) is 18.6. The van der Waals surface area contributed by atoms with E-state index in [9.17, 15) is 4.79 Å². The molecule has 144 valence electrons. The summed E-state index contributed by atoms with van der Waals surface area (Å²) in [4.78, 5) is 17.3. The third-order valence-corrected chi connectivity index (χ3v) is 4.89. The molecule has 1 unspecified atom stereocenters. The molecule has 2 heterocycles. The van der Waals surface area contributed by atoms with Crippen molar-refractivity contribution in [3.8, 4) is 5.69 Å². The zero-order chi connectivity index (χ0) is 20.2. The van der Waals surface area contributed by atoms with Gasteiger partial charge in [0.1, 0.15) is 12.7 Å². The van der Waals surface area contributed by atoms with E-state index in [2.05, 4.69) is 52.5 Å². The quantitative estimate of drug-likeness (QED) is 0.569. The Bertz CT molecular complexity index is 1110. The summed E-state index contributed by atoms with van der Waals surface area (Å²) >= 11 is 0. The molecule has 0 bridgehead atoms. The maximum Gasteiger partial charge on any atom is 0.252 e. The van der Waals surface area contributed by atoms with Crippen LogP contribution in [0.1, 0.15) is 38.7 Å². The number of benzene rings is 2. The highest BCUT2D eigenvalue weighted by atomic mass is 16.1.